The molecular formula is C15H14N6O2. The number of carbonyl (C=O) groups excluding carboxylic acids is 1. The molecule has 1 heterocycles. The number of para-hydroxylation sites is 1. The van der Waals surface area contributed by atoms with E-state index in [1.165, 1.54) is 0 Å². The first-order valence-corrected chi connectivity index (χ1v) is 6.81. The summed E-state index contributed by atoms with van der Waals surface area (Å²) in [5, 5.41) is 19.3. The van der Waals surface area contributed by atoms with E-state index in [-0.39, 0.29) is 6.03 Å². The zero-order valence-corrected chi connectivity index (χ0v) is 12.3. The summed E-state index contributed by atoms with van der Waals surface area (Å²) in [6, 6.07) is 13.9. The maximum absolute atomic E-state index is 12.2. The highest BCUT2D eigenvalue weighted by atomic mass is 16.5. The molecule has 116 valence electrons. The fourth-order valence-corrected chi connectivity index (χ4v) is 2.05. The Morgan fingerprint density at radius 1 is 1.13 bits per heavy atom. The van der Waals surface area contributed by atoms with Crippen molar-refractivity contribution in [2.24, 2.45) is 0 Å². The van der Waals surface area contributed by atoms with Crippen molar-refractivity contribution in [2.75, 3.05) is 17.7 Å². The van der Waals surface area contributed by atoms with Crippen LogP contribution in [0.25, 0.3) is 11.4 Å². The number of anilines is 2. The van der Waals surface area contributed by atoms with Gasteiger partial charge in [-0.1, -0.05) is 18.2 Å². The van der Waals surface area contributed by atoms with E-state index >= 15 is 0 Å². The van der Waals surface area contributed by atoms with E-state index in [4.69, 9.17) is 4.74 Å². The van der Waals surface area contributed by atoms with Gasteiger partial charge in [-0.15, -0.1) is 10.2 Å². The lowest BCUT2D eigenvalue weighted by molar-refractivity contribution is 0.262. The number of hydrogen-bond donors (Lipinski definition) is 3. The van der Waals surface area contributed by atoms with E-state index in [9.17, 15) is 4.79 Å². The van der Waals surface area contributed by atoms with Crippen LogP contribution >= 0.6 is 0 Å². The van der Waals surface area contributed by atoms with Gasteiger partial charge in [0.1, 0.15) is 5.75 Å². The number of methoxy groups -OCH3 is 1. The third-order valence-electron chi connectivity index (χ3n) is 3.09. The molecule has 1 aromatic heterocycles. The van der Waals surface area contributed by atoms with Gasteiger partial charge in [-0.25, -0.2) is 4.79 Å². The molecule has 23 heavy (non-hydrogen) atoms. The highest BCUT2D eigenvalue weighted by Gasteiger charge is 2.11. The number of tetrazole rings is 1. The van der Waals surface area contributed by atoms with Crippen LogP contribution in [0.1, 0.15) is 0 Å². The van der Waals surface area contributed by atoms with Crippen LogP contribution in [0.4, 0.5) is 16.2 Å². The number of nitrogens with one attached hydrogen (secondary N) is 3. The predicted octanol–water partition coefficient (Wildman–Crippen LogP) is 2.52. The molecule has 3 N–H and O–H groups in total. The van der Waals surface area contributed by atoms with Gasteiger partial charge in [0.25, 0.3) is 0 Å². The summed E-state index contributed by atoms with van der Waals surface area (Å²) in [6.07, 6.45) is 0. The number of ether oxygens (including phenoxy) is 1. The van der Waals surface area contributed by atoms with Crippen LogP contribution in [0.3, 0.4) is 0 Å². The summed E-state index contributed by atoms with van der Waals surface area (Å²) in [5.41, 5.74) is 1.87. The number of rotatable bonds is 4. The summed E-state index contributed by atoms with van der Waals surface area (Å²) >= 11 is 0. The van der Waals surface area contributed by atoms with Crippen molar-refractivity contribution in [2.45, 2.75) is 0 Å². The molecule has 0 atom stereocenters. The standard InChI is InChI=1S/C15H14N6O2/c1-23-11-6-4-5-10(9-11)16-15(22)17-13-8-3-2-7-12(13)14-18-20-21-19-14/h2-9H,1H3,(H2,16,17,22)(H,18,19,20,21). The molecule has 0 radical (unpaired) electrons. The Morgan fingerprint density at radius 2 is 2.00 bits per heavy atom. The van der Waals surface area contributed by atoms with Gasteiger partial charge in [-0.05, 0) is 29.5 Å². The van der Waals surface area contributed by atoms with E-state index in [0.717, 1.165) is 0 Å². The number of amides is 2. The minimum atomic E-state index is -0.380. The molecule has 0 aliphatic heterocycles. The van der Waals surface area contributed by atoms with Crippen LogP contribution in [-0.4, -0.2) is 33.8 Å². The topological polar surface area (TPSA) is 105 Å². The Morgan fingerprint density at radius 3 is 2.78 bits per heavy atom. The zero-order valence-electron chi connectivity index (χ0n) is 12.3. The van der Waals surface area contributed by atoms with E-state index in [1.807, 2.05) is 12.1 Å². The van der Waals surface area contributed by atoms with Crippen LogP contribution < -0.4 is 15.4 Å². The SMILES string of the molecule is COc1cccc(NC(=O)Nc2ccccc2-c2nn[nH]n2)c1. The Balaban J connectivity index is 1.76. The first-order valence-electron chi connectivity index (χ1n) is 6.81. The van der Waals surface area contributed by atoms with Gasteiger partial charge < -0.3 is 15.4 Å². The lowest BCUT2D eigenvalue weighted by Crippen LogP contribution is -2.19. The number of hydrogen-bond acceptors (Lipinski definition) is 5. The second kappa shape index (κ2) is 6.56. The number of nitrogens with zero attached hydrogens (tertiary/aromatic N) is 3. The maximum Gasteiger partial charge on any atom is 0.323 e. The zero-order chi connectivity index (χ0) is 16.1. The molecule has 0 aliphatic carbocycles. The second-order valence-electron chi connectivity index (χ2n) is 4.59. The summed E-state index contributed by atoms with van der Waals surface area (Å²) in [4.78, 5) is 12.2. The first kappa shape index (κ1) is 14.5. The number of aromatic nitrogens is 4. The number of H-pyrrole nitrogens is 1. The van der Waals surface area contributed by atoms with Gasteiger partial charge in [0.15, 0.2) is 0 Å². The normalized spacial score (nSPS) is 10.1. The minimum absolute atomic E-state index is 0.380. The summed E-state index contributed by atoms with van der Waals surface area (Å²) < 4.78 is 5.12. The predicted molar refractivity (Wildman–Crippen MR) is 85.2 cm³/mol. The van der Waals surface area contributed by atoms with Crippen LogP contribution in [0.15, 0.2) is 48.5 Å². The van der Waals surface area contributed by atoms with Gasteiger partial charge >= 0.3 is 6.03 Å². The largest absolute Gasteiger partial charge is 0.497 e. The average Bonchev–Trinajstić information content (AvgIpc) is 3.10. The molecule has 3 rings (SSSR count). The number of aromatic amines is 1. The molecule has 2 amide bonds. The van der Waals surface area contributed by atoms with E-state index in [1.54, 1.807) is 43.5 Å². The van der Waals surface area contributed by atoms with Crippen LogP contribution in [0.5, 0.6) is 5.75 Å². The molecule has 8 nitrogen and oxygen atoms in total. The van der Waals surface area contributed by atoms with Crippen molar-refractivity contribution in [3.8, 4) is 17.1 Å². The van der Waals surface area contributed by atoms with Crippen molar-refractivity contribution >= 4 is 17.4 Å². The summed E-state index contributed by atoms with van der Waals surface area (Å²) in [5.74, 6) is 1.07. The van der Waals surface area contributed by atoms with Crippen molar-refractivity contribution in [3.63, 3.8) is 0 Å². The third kappa shape index (κ3) is 3.43. The van der Waals surface area contributed by atoms with Crippen LogP contribution in [0.2, 0.25) is 0 Å². The molecular weight excluding hydrogens is 296 g/mol. The summed E-state index contributed by atoms with van der Waals surface area (Å²) in [6.45, 7) is 0. The summed E-state index contributed by atoms with van der Waals surface area (Å²) in [7, 11) is 1.57. The van der Waals surface area contributed by atoms with Crippen molar-refractivity contribution in [3.05, 3.63) is 48.5 Å². The second-order valence-corrected chi connectivity index (χ2v) is 4.59. The van der Waals surface area contributed by atoms with E-state index < -0.39 is 0 Å². The van der Waals surface area contributed by atoms with Gasteiger partial charge in [-0.3, -0.25) is 0 Å². The Hall–Kier alpha value is -3.42. The fourth-order valence-electron chi connectivity index (χ4n) is 2.05. The molecule has 0 bridgehead atoms. The number of urea groups is 1. The molecule has 0 fully saturated rings. The fraction of sp³-hybridized carbons (Fsp3) is 0.0667. The molecule has 8 heteroatoms. The Bertz CT molecular complexity index is 803. The van der Waals surface area contributed by atoms with Gasteiger partial charge in [-0.2, -0.15) is 5.21 Å². The maximum atomic E-state index is 12.2. The Labute approximate surface area is 131 Å². The minimum Gasteiger partial charge on any atom is -0.497 e. The molecule has 0 unspecified atom stereocenters. The molecule has 0 spiro atoms. The van der Waals surface area contributed by atoms with Crippen molar-refractivity contribution < 1.29 is 9.53 Å². The third-order valence-corrected chi connectivity index (χ3v) is 3.09. The number of benzene rings is 2. The van der Waals surface area contributed by atoms with Crippen LogP contribution in [0, 0.1) is 0 Å². The number of carbonyl (C=O) groups is 1. The average molecular weight is 310 g/mol. The molecule has 0 aliphatic rings. The monoisotopic (exact) mass is 310 g/mol. The lowest BCUT2D eigenvalue weighted by Gasteiger charge is -2.10. The van der Waals surface area contributed by atoms with Gasteiger partial charge in [0.2, 0.25) is 5.82 Å². The highest BCUT2D eigenvalue weighted by molar-refractivity contribution is 6.02. The van der Waals surface area contributed by atoms with Gasteiger partial charge in [0, 0.05) is 17.3 Å². The molecule has 0 saturated carbocycles. The van der Waals surface area contributed by atoms with E-state index in [2.05, 4.69) is 31.3 Å². The van der Waals surface area contributed by atoms with Gasteiger partial charge in [0.05, 0.1) is 12.8 Å². The quantitative estimate of drug-likeness (QED) is 0.686. The van der Waals surface area contributed by atoms with Crippen molar-refractivity contribution in [1.29, 1.82) is 0 Å². The molecule has 2 aromatic carbocycles. The van der Waals surface area contributed by atoms with Crippen LogP contribution in [-0.2, 0) is 0 Å². The first-order chi connectivity index (χ1) is 11.3. The Kier molecular flexibility index (Phi) is 4.14. The molecule has 3 aromatic rings. The van der Waals surface area contributed by atoms with E-state index in [0.29, 0.717) is 28.5 Å². The smallest absolute Gasteiger partial charge is 0.323 e. The lowest BCUT2D eigenvalue weighted by atomic mass is 10.1. The highest BCUT2D eigenvalue weighted by Crippen LogP contribution is 2.24. The van der Waals surface area contributed by atoms with Crippen molar-refractivity contribution in [1.82, 2.24) is 20.6 Å². The molecule has 0 saturated heterocycles.